The van der Waals surface area contributed by atoms with Crippen molar-refractivity contribution < 1.29 is 20.6 Å². The normalized spacial score (nSPS) is 30.1. The predicted octanol–water partition coefficient (Wildman–Crippen LogP) is 2.61. The predicted molar refractivity (Wildman–Crippen MR) is 109 cm³/mol. The molecule has 6 nitrogen and oxygen atoms in total. The van der Waals surface area contributed by atoms with Crippen molar-refractivity contribution in [1.82, 2.24) is 19.1 Å². The topological polar surface area (TPSA) is 45.8 Å². The summed E-state index contributed by atoms with van der Waals surface area (Å²) in [5.41, 5.74) is -2.22. The minimum atomic E-state index is -2.87. The van der Waals surface area contributed by atoms with Crippen LogP contribution in [0.15, 0.2) is 53.3 Å². The number of hydrogen-bond donors (Lipinski definition) is 0. The van der Waals surface area contributed by atoms with Gasteiger partial charge in [0.25, 0.3) is 0 Å². The molecule has 1 atom stereocenters. The highest BCUT2D eigenvalue weighted by Crippen LogP contribution is 2.21. The maximum absolute atomic E-state index is 13.0. The quantitative estimate of drug-likeness (QED) is 0.660. The lowest BCUT2D eigenvalue weighted by Gasteiger charge is -2.37. The summed E-state index contributed by atoms with van der Waals surface area (Å²) >= 11 is 5.96. The van der Waals surface area contributed by atoms with Crippen LogP contribution < -0.4 is 10.6 Å². The van der Waals surface area contributed by atoms with Crippen LogP contribution in [0.2, 0.25) is 5.02 Å². The molecule has 0 aliphatic carbocycles. The maximum Gasteiger partial charge on any atom is 0.350 e. The number of anilines is 1. The molecule has 0 spiro atoms. The summed E-state index contributed by atoms with van der Waals surface area (Å²) in [7, 11) is 0. The van der Waals surface area contributed by atoms with Crippen molar-refractivity contribution in [2.24, 2.45) is 5.89 Å². The van der Waals surface area contributed by atoms with E-state index in [0.717, 1.165) is 6.92 Å². The van der Waals surface area contributed by atoms with E-state index in [2.05, 4.69) is 5.10 Å². The second-order valence-electron chi connectivity index (χ2n) is 5.65. The van der Waals surface area contributed by atoms with Gasteiger partial charge >= 0.3 is 5.69 Å². The molecule has 142 valence electrons. The Labute approximate surface area is 184 Å². The molecule has 0 radical (unpaired) electrons. The first-order chi connectivity index (χ1) is 19.0. The van der Waals surface area contributed by atoms with Crippen molar-refractivity contribution in [3.63, 3.8) is 0 Å². The van der Waals surface area contributed by atoms with Gasteiger partial charge in [-0.25, -0.2) is 9.48 Å². The van der Waals surface area contributed by atoms with Gasteiger partial charge in [-0.3, -0.25) is 9.30 Å². The fourth-order valence-electron chi connectivity index (χ4n) is 2.48. The van der Waals surface area contributed by atoms with Crippen LogP contribution in [0.25, 0.3) is 5.65 Å². The highest BCUT2D eigenvalue weighted by Gasteiger charge is 2.20. The first-order valence-electron chi connectivity index (χ1n) is 15.4. The minimum absolute atomic E-state index is 0.414. The highest BCUT2D eigenvalue weighted by atomic mass is 35.5. The maximum atomic E-state index is 13.0. The molecule has 1 aromatic carbocycles. The molecule has 4 rings (SSSR count). The van der Waals surface area contributed by atoms with Gasteiger partial charge in [0.2, 0.25) is 0 Å². The lowest BCUT2D eigenvalue weighted by atomic mass is 10.1. The van der Waals surface area contributed by atoms with Crippen molar-refractivity contribution in [1.29, 1.82) is 0 Å². The van der Waals surface area contributed by atoms with E-state index in [1.54, 1.807) is 0 Å². The van der Waals surface area contributed by atoms with Crippen LogP contribution in [0.1, 0.15) is 27.5 Å². The van der Waals surface area contributed by atoms with Crippen LogP contribution in [-0.4, -0.2) is 51.7 Å². The summed E-state index contributed by atoms with van der Waals surface area (Å²) in [5.74, 6) is -2.35. The number of nitrogens with zero attached hydrogens (tertiary/aromatic N) is 5. The van der Waals surface area contributed by atoms with E-state index in [1.165, 1.54) is 0 Å². The van der Waals surface area contributed by atoms with Crippen molar-refractivity contribution in [2.75, 3.05) is 37.5 Å². The third kappa shape index (κ3) is 4.01. The van der Waals surface area contributed by atoms with Gasteiger partial charge in [-0.05, 0) is 36.1 Å². The fraction of sp³-hybridized carbons (Fsp3) is 0.400. The van der Waals surface area contributed by atoms with Crippen LogP contribution in [0.5, 0.6) is 0 Å². The Morgan fingerprint density at radius 3 is 2.96 bits per heavy atom. The number of halogens is 1. The third-order valence-electron chi connectivity index (χ3n) is 3.62. The Morgan fingerprint density at radius 1 is 1.33 bits per heavy atom. The van der Waals surface area contributed by atoms with Crippen LogP contribution >= 0.6 is 11.6 Å². The molecule has 7 heteroatoms. The first-order valence-corrected chi connectivity index (χ1v) is 8.24. The summed E-state index contributed by atoms with van der Waals surface area (Å²) in [4.78, 5) is 14.1. The van der Waals surface area contributed by atoms with E-state index < -0.39 is 116 Å². The molecule has 1 unspecified atom stereocenters. The van der Waals surface area contributed by atoms with Gasteiger partial charge < -0.3 is 4.90 Å². The number of hydrogen-bond acceptors (Lipinski definition) is 4. The van der Waals surface area contributed by atoms with E-state index in [1.807, 2.05) is 0 Å². The molecule has 0 saturated carbocycles. The molecule has 2 aromatic heterocycles. The zero-order valence-electron chi connectivity index (χ0n) is 29.1. The van der Waals surface area contributed by atoms with Crippen LogP contribution in [0, 0.1) is 5.89 Å². The summed E-state index contributed by atoms with van der Waals surface area (Å²) in [5, 5.41) is 3.29. The SMILES string of the molecule is [2H]c1c([2H])c(Cl)c([2H])c(N2C([2H])([2H])CN(C([2H])([2H])C([2H])(C)Cn3nc4c([2H])c([2H])c([2H])c([2H])n4c3=O)CC2([2H])[2H])c1[2H]. The Kier molecular flexibility index (Phi) is 2.18. The van der Waals surface area contributed by atoms with Crippen LogP contribution in [0.3, 0.4) is 0 Å². The Morgan fingerprint density at radius 2 is 2.15 bits per heavy atom. The van der Waals surface area contributed by atoms with Gasteiger partial charge in [0, 0.05) is 53.6 Å². The monoisotopic (exact) mass is 400 g/mol. The standard InChI is InChI=1S/C20H24ClN5O/c1-16(15-26-20(27)25-8-3-2-7-19(25)22-26)14-23-9-11-24(12-10-23)18-6-4-5-17(21)13-18/h2-8,13,16H,9-12,14-15H2,1H3/i2D,3D,4D,5D,6D,7D,8D,11D2,12D2,13D,14D2,16D. The third-order valence-corrected chi connectivity index (χ3v) is 3.81. The van der Waals surface area contributed by atoms with Gasteiger partial charge in [-0.1, -0.05) is 30.6 Å². The molecule has 0 bridgehead atoms. The zero-order valence-corrected chi connectivity index (χ0v) is 14.9. The van der Waals surface area contributed by atoms with Gasteiger partial charge in [-0.2, -0.15) is 0 Å². The number of benzene rings is 1. The smallest absolute Gasteiger partial charge is 0.350 e. The molecule has 1 aliphatic rings. The molecule has 1 saturated heterocycles. The summed E-state index contributed by atoms with van der Waals surface area (Å²) in [6.45, 7) is -10.1. The van der Waals surface area contributed by atoms with Gasteiger partial charge in [0.15, 0.2) is 5.65 Å². The minimum Gasteiger partial charge on any atom is -0.369 e. The van der Waals surface area contributed by atoms with E-state index in [4.69, 9.17) is 32.2 Å². The van der Waals surface area contributed by atoms with Gasteiger partial charge in [-0.15, -0.1) is 5.10 Å². The second kappa shape index (κ2) is 7.74. The average Bonchev–Trinajstić information content (AvgIpc) is 3.19. The average molecular weight is 401 g/mol. The lowest BCUT2D eigenvalue weighted by Crippen LogP contribution is -2.48. The molecule has 1 fully saturated rings. The number of aromatic nitrogens is 3. The number of rotatable bonds is 5. The second-order valence-corrected chi connectivity index (χ2v) is 6.03. The zero-order chi connectivity index (χ0) is 32.1. The van der Waals surface area contributed by atoms with E-state index >= 15 is 0 Å². The molecule has 0 amide bonds. The summed E-state index contributed by atoms with van der Waals surface area (Å²) < 4.78 is 126. The first kappa shape index (κ1) is 7.60. The van der Waals surface area contributed by atoms with Gasteiger partial charge in [0.1, 0.15) is 0 Å². The van der Waals surface area contributed by atoms with Crippen molar-refractivity contribution in [3.05, 3.63) is 64.0 Å². The van der Waals surface area contributed by atoms with E-state index in [0.29, 0.717) is 18.9 Å². The largest absolute Gasteiger partial charge is 0.369 e. The molecule has 3 heterocycles. The molecule has 0 N–H and O–H groups in total. The fourth-order valence-corrected chi connectivity index (χ4v) is 2.61. The highest BCUT2D eigenvalue weighted by molar-refractivity contribution is 6.30. The molecule has 1 aliphatic heterocycles. The Hall–Kier alpha value is -2.31. The Balaban J connectivity index is 1.74. The Bertz CT molecular complexity index is 1620. The number of piperazine rings is 1. The van der Waals surface area contributed by atoms with Crippen molar-refractivity contribution in [3.8, 4) is 0 Å². The molecular weight excluding hydrogens is 362 g/mol. The van der Waals surface area contributed by atoms with Crippen LogP contribution in [-0.2, 0) is 6.54 Å². The van der Waals surface area contributed by atoms with Crippen molar-refractivity contribution >= 4 is 22.9 Å². The summed E-state index contributed by atoms with van der Waals surface area (Å²) in [6, 6.07) is -4.97. The van der Waals surface area contributed by atoms with Crippen molar-refractivity contribution in [2.45, 2.75) is 13.5 Å². The van der Waals surface area contributed by atoms with E-state index in [-0.39, 0.29) is 0 Å². The van der Waals surface area contributed by atoms with E-state index in [9.17, 15) is 4.79 Å². The van der Waals surface area contributed by atoms with Crippen LogP contribution in [0.4, 0.5) is 5.69 Å². The van der Waals surface area contributed by atoms with Gasteiger partial charge in [0.05, 0.1) is 23.0 Å². The molecule has 3 aromatic rings. The molecular formula is C20H24ClN5O. The number of fused-ring (bicyclic) bond motifs is 1. The summed E-state index contributed by atoms with van der Waals surface area (Å²) in [6.07, 6.45) is -0.730. The number of pyridine rings is 1. The molecule has 27 heavy (non-hydrogen) atoms. The lowest BCUT2D eigenvalue weighted by molar-refractivity contribution is 0.212.